The Morgan fingerprint density at radius 3 is 2.83 bits per heavy atom. The molecule has 1 aromatic carbocycles. The molecule has 2 nitrogen and oxygen atoms in total. The molecule has 0 saturated heterocycles. The van der Waals surface area contributed by atoms with Crippen LogP contribution in [-0.4, -0.2) is 13.7 Å². The van der Waals surface area contributed by atoms with Crippen LogP contribution in [0.4, 0.5) is 4.39 Å². The Bertz CT molecular complexity index is 246. The monoisotopic (exact) mass is 169 g/mol. The Hall–Kier alpha value is -0.930. The van der Waals surface area contributed by atoms with Crippen molar-refractivity contribution in [3.8, 4) is 0 Å². The maximum atomic E-state index is 12.6. The molecule has 0 bridgehead atoms. The van der Waals surface area contributed by atoms with Crippen LogP contribution in [0.25, 0.3) is 0 Å². The van der Waals surface area contributed by atoms with Gasteiger partial charge in [-0.2, -0.15) is 0 Å². The van der Waals surface area contributed by atoms with Crippen molar-refractivity contribution < 1.29 is 14.2 Å². The number of halogens is 1. The lowest BCUT2D eigenvalue weighted by Crippen LogP contribution is -2.05. The van der Waals surface area contributed by atoms with Gasteiger partial charge < -0.3 is 4.74 Å². The van der Waals surface area contributed by atoms with Gasteiger partial charge >= 0.3 is 0 Å². The summed E-state index contributed by atoms with van der Waals surface area (Å²) in [6.45, 7) is -0.389. The predicted octanol–water partition coefficient (Wildman–Crippen LogP) is 1.94. The molecule has 0 N–H and O–H groups in total. The van der Waals surface area contributed by atoms with Gasteiger partial charge in [-0.15, -0.1) is 0 Å². The molecule has 0 aromatic heterocycles. The van der Waals surface area contributed by atoms with Crippen molar-refractivity contribution in [1.82, 2.24) is 0 Å². The van der Waals surface area contributed by atoms with Crippen molar-refractivity contribution in [2.24, 2.45) is 0 Å². The third-order valence-corrected chi connectivity index (χ3v) is 1.66. The molecule has 1 radical (unpaired) electrons. The molecule has 1 aromatic rings. The van der Waals surface area contributed by atoms with E-state index in [-0.39, 0.29) is 12.4 Å². The Balaban J connectivity index is 2.85. The zero-order valence-electron chi connectivity index (χ0n) is 6.79. The number of hydrogen-bond donors (Lipinski definition) is 0. The quantitative estimate of drug-likeness (QED) is 0.679. The number of rotatable bonds is 3. The van der Waals surface area contributed by atoms with Crippen LogP contribution in [0, 0.1) is 5.82 Å². The minimum atomic E-state index is -0.541. The van der Waals surface area contributed by atoms with Gasteiger partial charge in [-0.1, -0.05) is 12.1 Å². The third kappa shape index (κ3) is 2.03. The van der Waals surface area contributed by atoms with Gasteiger partial charge in [-0.3, -0.25) is 0 Å². The highest BCUT2D eigenvalue weighted by Crippen LogP contribution is 2.16. The van der Waals surface area contributed by atoms with Crippen molar-refractivity contribution in [2.45, 2.75) is 6.10 Å². The van der Waals surface area contributed by atoms with Crippen LogP contribution in [0.3, 0.4) is 0 Å². The lowest BCUT2D eigenvalue weighted by Gasteiger charge is -2.10. The minimum Gasteiger partial charge on any atom is -0.374 e. The Morgan fingerprint density at radius 1 is 1.58 bits per heavy atom. The standard InChI is InChI=1S/C9H10FO2/c1-12-9(6-11)7-3-2-4-8(10)5-7/h2-5,9H,6H2,1H3. The van der Waals surface area contributed by atoms with Crippen LogP contribution in [0.15, 0.2) is 24.3 Å². The van der Waals surface area contributed by atoms with E-state index < -0.39 is 6.10 Å². The predicted molar refractivity (Wildman–Crippen MR) is 41.7 cm³/mol. The van der Waals surface area contributed by atoms with Crippen LogP contribution in [0.2, 0.25) is 0 Å². The fourth-order valence-electron chi connectivity index (χ4n) is 1.01. The summed E-state index contributed by atoms with van der Waals surface area (Å²) >= 11 is 0. The van der Waals surface area contributed by atoms with Gasteiger partial charge in [0.25, 0.3) is 0 Å². The second-order valence-corrected chi connectivity index (χ2v) is 2.45. The normalized spacial score (nSPS) is 12.9. The molecule has 65 valence electrons. The topological polar surface area (TPSA) is 29.1 Å². The molecule has 0 spiro atoms. The summed E-state index contributed by atoms with van der Waals surface area (Å²) in [6.07, 6.45) is -0.541. The summed E-state index contributed by atoms with van der Waals surface area (Å²) in [6, 6.07) is 5.88. The highest BCUT2D eigenvalue weighted by atomic mass is 19.1. The molecule has 12 heavy (non-hydrogen) atoms. The van der Waals surface area contributed by atoms with Gasteiger partial charge in [0.2, 0.25) is 0 Å². The first-order valence-corrected chi connectivity index (χ1v) is 3.64. The molecular formula is C9H10FO2. The van der Waals surface area contributed by atoms with Gasteiger partial charge in [-0.05, 0) is 17.7 Å². The van der Waals surface area contributed by atoms with Crippen LogP contribution >= 0.6 is 0 Å². The molecule has 0 aliphatic rings. The van der Waals surface area contributed by atoms with E-state index in [2.05, 4.69) is 0 Å². The smallest absolute Gasteiger partial charge is 0.123 e. The van der Waals surface area contributed by atoms with Crippen molar-refractivity contribution in [1.29, 1.82) is 0 Å². The fourth-order valence-corrected chi connectivity index (χ4v) is 1.01. The van der Waals surface area contributed by atoms with Gasteiger partial charge in [0.05, 0.1) is 0 Å². The SMILES string of the molecule is COC(C[O])c1cccc(F)c1. The van der Waals surface area contributed by atoms with Crippen LogP contribution in [-0.2, 0) is 9.84 Å². The van der Waals surface area contributed by atoms with Gasteiger partial charge in [0.15, 0.2) is 0 Å². The molecule has 1 unspecified atom stereocenters. The molecule has 0 amide bonds. The van der Waals surface area contributed by atoms with Crippen LogP contribution in [0.1, 0.15) is 11.7 Å². The summed E-state index contributed by atoms with van der Waals surface area (Å²) in [4.78, 5) is 0. The highest BCUT2D eigenvalue weighted by molar-refractivity contribution is 5.18. The molecule has 1 atom stereocenters. The molecule has 0 aliphatic carbocycles. The summed E-state index contributed by atoms with van der Waals surface area (Å²) in [5.74, 6) is -0.344. The van der Waals surface area contributed by atoms with E-state index in [0.29, 0.717) is 5.56 Å². The Morgan fingerprint density at radius 2 is 2.33 bits per heavy atom. The van der Waals surface area contributed by atoms with E-state index >= 15 is 0 Å². The Kier molecular flexibility index (Phi) is 3.19. The zero-order chi connectivity index (χ0) is 8.97. The maximum absolute atomic E-state index is 12.6. The maximum Gasteiger partial charge on any atom is 0.123 e. The highest BCUT2D eigenvalue weighted by Gasteiger charge is 2.09. The van der Waals surface area contributed by atoms with Crippen LogP contribution in [0.5, 0.6) is 0 Å². The summed E-state index contributed by atoms with van der Waals surface area (Å²) in [5, 5.41) is 10.5. The molecule has 0 heterocycles. The summed E-state index contributed by atoms with van der Waals surface area (Å²) in [5.41, 5.74) is 0.590. The summed E-state index contributed by atoms with van der Waals surface area (Å²) in [7, 11) is 1.44. The summed E-state index contributed by atoms with van der Waals surface area (Å²) < 4.78 is 17.5. The first-order chi connectivity index (χ1) is 5.77. The average molecular weight is 169 g/mol. The van der Waals surface area contributed by atoms with Crippen molar-refractivity contribution in [2.75, 3.05) is 13.7 Å². The van der Waals surface area contributed by atoms with Gasteiger partial charge in [0.1, 0.15) is 18.5 Å². The number of hydrogen-bond acceptors (Lipinski definition) is 1. The van der Waals surface area contributed by atoms with E-state index in [1.807, 2.05) is 0 Å². The lowest BCUT2D eigenvalue weighted by molar-refractivity contribution is 0.0192. The lowest BCUT2D eigenvalue weighted by atomic mass is 10.1. The first-order valence-electron chi connectivity index (χ1n) is 3.64. The molecule has 1 rings (SSSR count). The van der Waals surface area contributed by atoms with Crippen molar-refractivity contribution in [3.05, 3.63) is 35.6 Å². The molecule has 0 fully saturated rings. The second-order valence-electron chi connectivity index (χ2n) is 2.45. The second kappa shape index (κ2) is 4.18. The van der Waals surface area contributed by atoms with Crippen molar-refractivity contribution in [3.63, 3.8) is 0 Å². The first kappa shape index (κ1) is 9.16. The molecule has 3 heteroatoms. The van der Waals surface area contributed by atoms with E-state index in [0.717, 1.165) is 0 Å². The fraction of sp³-hybridized carbons (Fsp3) is 0.333. The van der Waals surface area contributed by atoms with Crippen LogP contribution < -0.4 is 0 Å². The number of methoxy groups -OCH3 is 1. The third-order valence-electron chi connectivity index (χ3n) is 1.66. The number of ether oxygens (including phenoxy) is 1. The van der Waals surface area contributed by atoms with Gasteiger partial charge in [-0.25, -0.2) is 9.50 Å². The Labute approximate surface area is 70.6 Å². The van der Waals surface area contributed by atoms with E-state index in [9.17, 15) is 9.50 Å². The average Bonchev–Trinajstić information content (AvgIpc) is 2.07. The molecule has 0 aliphatic heterocycles. The number of benzene rings is 1. The molecule has 0 saturated carbocycles. The minimum absolute atomic E-state index is 0.344. The zero-order valence-corrected chi connectivity index (χ0v) is 6.79. The molecular weight excluding hydrogens is 159 g/mol. The van der Waals surface area contributed by atoms with E-state index in [1.54, 1.807) is 12.1 Å². The largest absolute Gasteiger partial charge is 0.374 e. The van der Waals surface area contributed by atoms with Gasteiger partial charge in [0, 0.05) is 7.11 Å². The van der Waals surface area contributed by atoms with E-state index in [4.69, 9.17) is 4.74 Å². The van der Waals surface area contributed by atoms with Crippen molar-refractivity contribution >= 4 is 0 Å². The van der Waals surface area contributed by atoms with E-state index in [1.165, 1.54) is 19.2 Å².